The van der Waals surface area contributed by atoms with Crippen LogP contribution in [-0.2, 0) is 5.60 Å². The van der Waals surface area contributed by atoms with Crippen molar-refractivity contribution >= 4 is 5.57 Å². The molecular weight excluding hydrogens is 332 g/mol. The molecule has 1 aromatic heterocycles. The van der Waals surface area contributed by atoms with E-state index in [0.717, 1.165) is 56.8 Å². The Morgan fingerprint density at radius 1 is 1.04 bits per heavy atom. The minimum absolute atomic E-state index is 0.712. The highest BCUT2D eigenvalue weighted by atomic mass is 16.3. The van der Waals surface area contributed by atoms with Gasteiger partial charge >= 0.3 is 0 Å². The van der Waals surface area contributed by atoms with Crippen LogP contribution < -0.4 is 0 Å². The van der Waals surface area contributed by atoms with Gasteiger partial charge in [-0.2, -0.15) is 0 Å². The van der Waals surface area contributed by atoms with E-state index in [1.165, 1.54) is 24.1 Å². The maximum atomic E-state index is 10.9. The van der Waals surface area contributed by atoms with Crippen LogP contribution in [0.1, 0.15) is 49.8 Å². The Kier molecular flexibility index (Phi) is 5.70. The predicted molar refractivity (Wildman–Crippen MR) is 110 cm³/mol. The van der Waals surface area contributed by atoms with Gasteiger partial charge in [-0.3, -0.25) is 9.88 Å². The lowest BCUT2D eigenvalue weighted by atomic mass is 9.76. The third-order valence-electron chi connectivity index (χ3n) is 6.37. The van der Waals surface area contributed by atoms with Crippen LogP contribution in [0.5, 0.6) is 0 Å². The quantitative estimate of drug-likeness (QED) is 0.842. The van der Waals surface area contributed by atoms with Crippen LogP contribution in [0.15, 0.2) is 60.8 Å². The normalized spacial score (nSPS) is 26.6. The summed E-state index contributed by atoms with van der Waals surface area (Å²) in [7, 11) is 0. The van der Waals surface area contributed by atoms with Crippen molar-refractivity contribution in [3.8, 4) is 0 Å². The molecule has 0 spiro atoms. The van der Waals surface area contributed by atoms with Crippen molar-refractivity contribution in [1.82, 2.24) is 9.88 Å². The summed E-state index contributed by atoms with van der Waals surface area (Å²) in [5.41, 5.74) is 3.00. The molecule has 0 radical (unpaired) electrons. The second kappa shape index (κ2) is 8.37. The van der Waals surface area contributed by atoms with Crippen molar-refractivity contribution in [3.05, 3.63) is 72.1 Å². The van der Waals surface area contributed by atoms with Crippen molar-refractivity contribution in [1.29, 1.82) is 0 Å². The van der Waals surface area contributed by atoms with Gasteiger partial charge in [-0.15, -0.1) is 0 Å². The summed E-state index contributed by atoms with van der Waals surface area (Å²) in [6.07, 6.45) is 10.5. The summed E-state index contributed by atoms with van der Waals surface area (Å²) in [5, 5.41) is 10.9. The van der Waals surface area contributed by atoms with Gasteiger partial charge in [-0.05, 0) is 74.3 Å². The van der Waals surface area contributed by atoms with E-state index >= 15 is 0 Å². The molecule has 1 fully saturated rings. The molecule has 2 heterocycles. The molecule has 4 rings (SSSR count). The molecule has 3 nitrogen and oxygen atoms in total. The largest absolute Gasteiger partial charge is 0.384 e. The van der Waals surface area contributed by atoms with Gasteiger partial charge in [0, 0.05) is 19.3 Å². The van der Waals surface area contributed by atoms with Gasteiger partial charge in [0.15, 0.2) is 0 Å². The summed E-state index contributed by atoms with van der Waals surface area (Å²) >= 11 is 0. The van der Waals surface area contributed by atoms with E-state index in [2.05, 4.69) is 46.3 Å². The number of nitrogens with zero attached hydrogens (tertiary/aromatic N) is 2. The van der Waals surface area contributed by atoms with Gasteiger partial charge in [-0.25, -0.2) is 0 Å². The van der Waals surface area contributed by atoms with E-state index in [4.69, 9.17) is 0 Å². The molecule has 0 bridgehead atoms. The lowest BCUT2D eigenvalue weighted by Gasteiger charge is -2.36. The highest BCUT2D eigenvalue weighted by Gasteiger charge is 2.35. The number of hydrogen-bond acceptors (Lipinski definition) is 3. The Bertz CT molecular complexity index is 748. The van der Waals surface area contributed by atoms with Crippen LogP contribution in [0, 0.1) is 5.92 Å². The van der Waals surface area contributed by atoms with Crippen LogP contribution in [0.3, 0.4) is 0 Å². The average molecular weight is 363 g/mol. The maximum Gasteiger partial charge on any atom is 0.106 e. The topological polar surface area (TPSA) is 36.4 Å². The third-order valence-corrected chi connectivity index (χ3v) is 6.37. The fraction of sp³-hybridized carbons (Fsp3) is 0.458. The molecule has 0 atom stereocenters. The van der Waals surface area contributed by atoms with Crippen molar-refractivity contribution in [2.75, 3.05) is 19.6 Å². The van der Waals surface area contributed by atoms with E-state index in [-0.39, 0.29) is 0 Å². The number of pyridine rings is 1. The Labute approximate surface area is 162 Å². The summed E-state index contributed by atoms with van der Waals surface area (Å²) < 4.78 is 0. The minimum Gasteiger partial charge on any atom is -0.384 e. The highest BCUT2D eigenvalue weighted by molar-refractivity contribution is 5.66. The predicted octanol–water partition coefficient (Wildman–Crippen LogP) is 4.64. The van der Waals surface area contributed by atoms with Gasteiger partial charge < -0.3 is 5.11 Å². The van der Waals surface area contributed by atoms with Gasteiger partial charge in [0.2, 0.25) is 0 Å². The Morgan fingerprint density at radius 3 is 2.48 bits per heavy atom. The fourth-order valence-corrected chi connectivity index (χ4v) is 4.53. The molecule has 1 N–H and O–H groups in total. The van der Waals surface area contributed by atoms with Crippen LogP contribution in [0.2, 0.25) is 0 Å². The smallest absolute Gasteiger partial charge is 0.106 e. The molecule has 3 heteroatoms. The molecule has 0 amide bonds. The summed E-state index contributed by atoms with van der Waals surface area (Å²) in [6.45, 7) is 3.39. The van der Waals surface area contributed by atoms with Crippen LogP contribution in [0.4, 0.5) is 0 Å². The zero-order valence-corrected chi connectivity index (χ0v) is 16.1. The monoisotopic (exact) mass is 362 g/mol. The first-order chi connectivity index (χ1) is 13.2. The SMILES string of the molecule is O[C@]1(c2ccccn2)CC[C@H](CCN2CC=C(c3ccccc3)CC2)CC1. The molecular formula is C24H30N2O. The second-order valence-electron chi connectivity index (χ2n) is 8.12. The molecule has 2 aliphatic rings. The lowest BCUT2D eigenvalue weighted by Crippen LogP contribution is -2.34. The number of hydrogen-bond donors (Lipinski definition) is 1. The van der Waals surface area contributed by atoms with Crippen LogP contribution >= 0.6 is 0 Å². The van der Waals surface area contributed by atoms with E-state index in [0.29, 0.717) is 0 Å². The van der Waals surface area contributed by atoms with E-state index in [1.807, 2.05) is 18.2 Å². The first-order valence-corrected chi connectivity index (χ1v) is 10.3. The Morgan fingerprint density at radius 2 is 1.81 bits per heavy atom. The highest BCUT2D eigenvalue weighted by Crippen LogP contribution is 2.39. The molecule has 2 aromatic rings. The molecule has 0 unspecified atom stereocenters. The minimum atomic E-state index is -0.712. The summed E-state index contributed by atoms with van der Waals surface area (Å²) in [4.78, 5) is 6.96. The standard InChI is InChI=1S/C24H30N2O/c27-24(23-8-4-5-16-25-23)14-9-20(10-15-24)11-17-26-18-12-22(13-19-26)21-6-2-1-3-7-21/h1-8,12,16,20,27H,9-11,13-15,17-19H2/t20-,24+. The molecule has 1 aliphatic carbocycles. The molecule has 1 aliphatic heterocycles. The van der Waals surface area contributed by atoms with Gasteiger partial charge in [-0.1, -0.05) is 42.5 Å². The Balaban J connectivity index is 1.24. The number of rotatable bonds is 5. The Hall–Kier alpha value is -1.97. The molecule has 1 aromatic carbocycles. The van der Waals surface area contributed by atoms with Crippen LogP contribution in [0.25, 0.3) is 5.57 Å². The van der Waals surface area contributed by atoms with Gasteiger partial charge in [0.25, 0.3) is 0 Å². The second-order valence-corrected chi connectivity index (χ2v) is 8.12. The number of aliphatic hydroxyl groups is 1. The molecule has 142 valence electrons. The summed E-state index contributed by atoms with van der Waals surface area (Å²) in [5.74, 6) is 0.730. The maximum absolute atomic E-state index is 10.9. The molecule has 1 saturated carbocycles. The zero-order valence-electron chi connectivity index (χ0n) is 16.1. The average Bonchev–Trinajstić information content (AvgIpc) is 2.75. The van der Waals surface area contributed by atoms with E-state index < -0.39 is 5.60 Å². The first-order valence-electron chi connectivity index (χ1n) is 10.3. The van der Waals surface area contributed by atoms with E-state index in [9.17, 15) is 5.11 Å². The summed E-state index contributed by atoms with van der Waals surface area (Å²) in [6, 6.07) is 16.6. The van der Waals surface area contributed by atoms with Crippen molar-refractivity contribution in [2.24, 2.45) is 5.92 Å². The van der Waals surface area contributed by atoms with Crippen molar-refractivity contribution in [3.63, 3.8) is 0 Å². The third kappa shape index (κ3) is 4.48. The van der Waals surface area contributed by atoms with Gasteiger partial charge in [0.1, 0.15) is 5.60 Å². The van der Waals surface area contributed by atoms with E-state index in [1.54, 1.807) is 6.20 Å². The number of aromatic nitrogens is 1. The van der Waals surface area contributed by atoms with Crippen molar-refractivity contribution < 1.29 is 5.11 Å². The van der Waals surface area contributed by atoms with Crippen LogP contribution in [-0.4, -0.2) is 34.6 Å². The number of benzene rings is 1. The molecule has 0 saturated heterocycles. The van der Waals surface area contributed by atoms with Crippen molar-refractivity contribution in [2.45, 2.75) is 44.1 Å². The fourth-order valence-electron chi connectivity index (χ4n) is 4.53. The first kappa shape index (κ1) is 18.4. The zero-order chi connectivity index (χ0) is 18.5. The van der Waals surface area contributed by atoms with Gasteiger partial charge in [0.05, 0.1) is 5.69 Å². The lowest BCUT2D eigenvalue weighted by molar-refractivity contribution is -0.0197. The molecule has 27 heavy (non-hydrogen) atoms.